The molecule has 0 aromatic carbocycles. The van der Waals surface area contributed by atoms with Gasteiger partial charge in [0.25, 0.3) is 0 Å². The highest BCUT2D eigenvalue weighted by atomic mass is 19.4. The highest BCUT2D eigenvalue weighted by molar-refractivity contribution is 6.54. The molecule has 0 amide bonds. The Morgan fingerprint density at radius 3 is 2.33 bits per heavy atom. The van der Waals surface area contributed by atoms with Crippen LogP contribution in [0.5, 0.6) is 0 Å². The number of hydrogen-bond donors (Lipinski definition) is 0. The Kier molecular flexibility index (Phi) is 4.54. The molecule has 130 valence electrons. The van der Waals surface area contributed by atoms with Crippen molar-refractivity contribution in [2.24, 2.45) is 0 Å². The summed E-state index contributed by atoms with van der Waals surface area (Å²) in [7, 11) is -1.41. The molecule has 1 fully saturated rings. The van der Waals surface area contributed by atoms with E-state index in [1.54, 1.807) is 33.8 Å². The standard InChI is InChI=1S/C14H16BF4N3O2/c1-12(2)13(3,4)24-15(23-12)10(16)7-9-8-22(6-5-20)21-11(9)14(17,18)19/h7-8H,6H2,1-4H3. The Labute approximate surface area is 137 Å². The minimum absolute atomic E-state index is 0.380. The maximum atomic E-state index is 14.4. The SMILES string of the molecule is CC1(C)OB(C(F)=Cc2cn(CC#N)nc2C(F)(F)F)OC1(C)C. The average molecular weight is 345 g/mol. The second-order valence-electron chi connectivity index (χ2n) is 6.40. The summed E-state index contributed by atoms with van der Waals surface area (Å²) in [5, 5.41) is 11.9. The van der Waals surface area contributed by atoms with Crippen molar-refractivity contribution in [2.45, 2.75) is 51.6 Å². The van der Waals surface area contributed by atoms with Gasteiger partial charge in [-0.25, -0.2) is 4.39 Å². The third-order valence-corrected chi connectivity index (χ3v) is 4.06. The van der Waals surface area contributed by atoms with Gasteiger partial charge in [-0.05, 0) is 33.8 Å². The molecule has 0 aliphatic carbocycles. The fourth-order valence-electron chi connectivity index (χ4n) is 2.09. The van der Waals surface area contributed by atoms with Gasteiger partial charge >= 0.3 is 13.3 Å². The van der Waals surface area contributed by atoms with Crippen LogP contribution in [-0.4, -0.2) is 28.1 Å². The van der Waals surface area contributed by atoms with Gasteiger partial charge in [0, 0.05) is 11.8 Å². The van der Waals surface area contributed by atoms with Crippen molar-refractivity contribution in [3.05, 3.63) is 23.2 Å². The van der Waals surface area contributed by atoms with E-state index in [0.717, 1.165) is 10.9 Å². The van der Waals surface area contributed by atoms with E-state index in [-0.39, 0.29) is 6.54 Å². The Hall–Kier alpha value is -1.86. The van der Waals surface area contributed by atoms with Crippen LogP contribution in [-0.2, 0) is 22.0 Å². The molecule has 1 aromatic rings. The summed E-state index contributed by atoms with van der Waals surface area (Å²) in [6, 6.07) is 1.68. The third-order valence-electron chi connectivity index (χ3n) is 4.06. The van der Waals surface area contributed by atoms with Crippen molar-refractivity contribution in [1.82, 2.24) is 9.78 Å². The van der Waals surface area contributed by atoms with Crippen molar-refractivity contribution in [1.29, 1.82) is 5.26 Å². The summed E-state index contributed by atoms with van der Waals surface area (Å²) in [4.78, 5) is 0. The molecule has 0 radical (unpaired) electrons. The summed E-state index contributed by atoms with van der Waals surface area (Å²) < 4.78 is 65.1. The highest BCUT2D eigenvalue weighted by Gasteiger charge is 2.53. The van der Waals surface area contributed by atoms with Gasteiger partial charge in [-0.15, -0.1) is 0 Å². The number of halogens is 4. The number of rotatable bonds is 3. The molecule has 0 unspecified atom stereocenters. The van der Waals surface area contributed by atoms with Crippen LogP contribution < -0.4 is 0 Å². The Bertz CT molecular complexity index is 688. The third kappa shape index (κ3) is 3.47. The lowest BCUT2D eigenvalue weighted by Crippen LogP contribution is -2.41. The van der Waals surface area contributed by atoms with Crippen molar-refractivity contribution in [3.8, 4) is 6.07 Å². The topological polar surface area (TPSA) is 60.1 Å². The van der Waals surface area contributed by atoms with Gasteiger partial charge < -0.3 is 9.31 Å². The maximum absolute atomic E-state index is 14.4. The van der Waals surface area contributed by atoms with Crippen LogP contribution in [0.25, 0.3) is 6.08 Å². The quantitative estimate of drug-likeness (QED) is 0.623. The minimum Gasteiger partial charge on any atom is -0.398 e. The lowest BCUT2D eigenvalue weighted by Gasteiger charge is -2.32. The molecule has 2 heterocycles. The number of aromatic nitrogens is 2. The lowest BCUT2D eigenvalue weighted by atomic mass is 9.87. The van der Waals surface area contributed by atoms with Crippen molar-refractivity contribution < 1.29 is 26.9 Å². The number of nitriles is 1. The van der Waals surface area contributed by atoms with Crippen LogP contribution in [0.1, 0.15) is 39.0 Å². The van der Waals surface area contributed by atoms with E-state index >= 15 is 0 Å². The molecule has 0 spiro atoms. The summed E-state index contributed by atoms with van der Waals surface area (Å²) >= 11 is 0. The summed E-state index contributed by atoms with van der Waals surface area (Å²) in [5.74, 6) is 0. The molecular formula is C14H16BF4N3O2. The molecule has 1 saturated heterocycles. The van der Waals surface area contributed by atoms with Crippen molar-refractivity contribution in [3.63, 3.8) is 0 Å². The van der Waals surface area contributed by atoms with E-state index in [1.165, 1.54) is 0 Å². The van der Waals surface area contributed by atoms with Gasteiger partial charge in [0.1, 0.15) is 12.3 Å². The zero-order valence-corrected chi connectivity index (χ0v) is 13.6. The molecule has 2 rings (SSSR count). The summed E-state index contributed by atoms with van der Waals surface area (Å²) in [6.07, 6.45) is -3.15. The highest BCUT2D eigenvalue weighted by Crippen LogP contribution is 2.39. The average Bonchev–Trinajstić information content (AvgIpc) is 2.89. The van der Waals surface area contributed by atoms with E-state index < -0.39 is 41.5 Å². The van der Waals surface area contributed by atoms with E-state index in [2.05, 4.69) is 5.10 Å². The van der Waals surface area contributed by atoms with Crippen LogP contribution in [0.4, 0.5) is 17.6 Å². The van der Waals surface area contributed by atoms with Gasteiger partial charge in [0.05, 0.1) is 17.3 Å². The summed E-state index contributed by atoms with van der Waals surface area (Å²) in [5.41, 5.74) is -4.41. The normalized spacial score (nSPS) is 20.3. The second-order valence-corrected chi connectivity index (χ2v) is 6.40. The van der Waals surface area contributed by atoms with Crippen molar-refractivity contribution >= 4 is 13.2 Å². The molecule has 0 N–H and O–H groups in total. The number of hydrogen-bond acceptors (Lipinski definition) is 4. The molecule has 0 bridgehead atoms. The zero-order valence-electron chi connectivity index (χ0n) is 13.6. The molecule has 10 heteroatoms. The van der Waals surface area contributed by atoms with Gasteiger partial charge in [-0.1, -0.05) is 0 Å². The predicted molar refractivity (Wildman–Crippen MR) is 78.0 cm³/mol. The number of alkyl halides is 3. The van der Waals surface area contributed by atoms with Gasteiger partial charge in [-0.3, -0.25) is 4.68 Å². The first-order valence-corrected chi connectivity index (χ1v) is 7.12. The number of nitrogens with zero attached hydrogens (tertiary/aromatic N) is 3. The van der Waals surface area contributed by atoms with Crippen LogP contribution >= 0.6 is 0 Å². The minimum atomic E-state index is -4.78. The van der Waals surface area contributed by atoms with Gasteiger partial charge in [-0.2, -0.15) is 23.5 Å². The monoisotopic (exact) mass is 345 g/mol. The molecule has 5 nitrogen and oxygen atoms in total. The molecule has 1 aromatic heterocycles. The van der Waals surface area contributed by atoms with Crippen LogP contribution in [0.3, 0.4) is 0 Å². The fraction of sp³-hybridized carbons (Fsp3) is 0.571. The first-order valence-electron chi connectivity index (χ1n) is 7.12. The van der Waals surface area contributed by atoms with Gasteiger partial charge in [0.2, 0.25) is 0 Å². The van der Waals surface area contributed by atoms with E-state index in [0.29, 0.717) is 6.08 Å². The molecule has 1 aliphatic rings. The molecular weight excluding hydrogens is 329 g/mol. The predicted octanol–water partition coefficient (Wildman–Crippen LogP) is 3.37. The Morgan fingerprint density at radius 2 is 1.88 bits per heavy atom. The van der Waals surface area contributed by atoms with Crippen molar-refractivity contribution in [2.75, 3.05) is 0 Å². The first-order chi connectivity index (χ1) is 10.9. The van der Waals surface area contributed by atoms with E-state index in [1.807, 2.05) is 0 Å². The van der Waals surface area contributed by atoms with E-state index in [4.69, 9.17) is 14.6 Å². The molecule has 0 atom stereocenters. The van der Waals surface area contributed by atoms with Crippen LogP contribution in [0, 0.1) is 11.3 Å². The largest absolute Gasteiger partial charge is 0.525 e. The Morgan fingerprint density at radius 1 is 1.33 bits per heavy atom. The first kappa shape index (κ1) is 18.5. The zero-order chi connectivity index (χ0) is 18.3. The molecule has 24 heavy (non-hydrogen) atoms. The second kappa shape index (κ2) is 5.90. The molecule has 1 aliphatic heterocycles. The summed E-state index contributed by atoms with van der Waals surface area (Å²) in [6.45, 7) is 6.42. The smallest absolute Gasteiger partial charge is 0.398 e. The molecule has 0 saturated carbocycles. The maximum Gasteiger partial charge on any atom is 0.525 e. The Balaban J connectivity index is 2.36. The van der Waals surface area contributed by atoms with Crippen LogP contribution in [0.2, 0.25) is 0 Å². The van der Waals surface area contributed by atoms with Gasteiger partial charge in [0.15, 0.2) is 5.69 Å². The lowest BCUT2D eigenvalue weighted by molar-refractivity contribution is -0.141. The van der Waals surface area contributed by atoms with E-state index in [9.17, 15) is 17.6 Å². The van der Waals surface area contributed by atoms with Crippen LogP contribution in [0.15, 0.2) is 11.9 Å². The fourth-order valence-corrected chi connectivity index (χ4v) is 2.09.